The van der Waals surface area contributed by atoms with E-state index in [9.17, 15) is 9.18 Å². The Morgan fingerprint density at radius 3 is 2.54 bits per heavy atom. The van der Waals surface area contributed by atoms with Crippen LogP contribution in [-0.2, 0) is 13.0 Å². The first-order valence-electron chi connectivity index (χ1n) is 11.4. The van der Waals surface area contributed by atoms with Crippen molar-refractivity contribution in [3.05, 3.63) is 100 Å². The summed E-state index contributed by atoms with van der Waals surface area (Å²) in [6.45, 7) is 4.14. The predicted octanol–water partition coefficient (Wildman–Crippen LogP) is 4.33. The van der Waals surface area contributed by atoms with Gasteiger partial charge in [-0.3, -0.25) is 14.1 Å². The average Bonchev–Trinajstić information content (AvgIpc) is 3.50. The molecule has 0 amide bonds. The van der Waals surface area contributed by atoms with Crippen molar-refractivity contribution < 1.29 is 4.39 Å². The molecule has 176 valence electrons. The molecule has 0 atom stereocenters. The van der Waals surface area contributed by atoms with E-state index in [4.69, 9.17) is 0 Å². The molecule has 2 aromatic carbocycles. The maximum absolute atomic E-state index is 14.6. The van der Waals surface area contributed by atoms with Crippen LogP contribution in [0.15, 0.2) is 71.8 Å². The summed E-state index contributed by atoms with van der Waals surface area (Å²) < 4.78 is 17.7. The summed E-state index contributed by atoms with van der Waals surface area (Å²) in [5.74, 6) is 0.0836. The lowest BCUT2D eigenvalue weighted by molar-refractivity contribution is 0.611. The zero-order valence-corrected chi connectivity index (χ0v) is 19.4. The van der Waals surface area contributed by atoms with Gasteiger partial charge < -0.3 is 0 Å². The Hall–Kier alpha value is -4.40. The third-order valence-electron chi connectivity index (χ3n) is 5.97. The van der Waals surface area contributed by atoms with Crippen LogP contribution in [-0.4, -0.2) is 34.7 Å². The van der Waals surface area contributed by atoms with Gasteiger partial charge in [-0.15, -0.1) is 10.2 Å². The molecule has 35 heavy (non-hydrogen) atoms. The Balaban J connectivity index is 1.49. The second-order valence-electron chi connectivity index (χ2n) is 8.33. The number of aryl methyl sites for hydroxylation is 2. The van der Waals surface area contributed by atoms with Gasteiger partial charge in [-0.2, -0.15) is 5.21 Å². The number of nitrogens with zero attached hydrogens (tertiary/aromatic N) is 6. The van der Waals surface area contributed by atoms with Gasteiger partial charge in [0.25, 0.3) is 0 Å². The van der Waals surface area contributed by atoms with Crippen molar-refractivity contribution in [2.75, 3.05) is 0 Å². The summed E-state index contributed by atoms with van der Waals surface area (Å²) in [6, 6.07) is 16.4. The third kappa shape index (κ3) is 4.28. The SMILES string of the molecule is CCCc1cn(-c2c(C)cccc2F)c(=O)n1Cc1ccc(-c2ccccc2-c2nn[nH]n2)cn1. The molecule has 0 aliphatic rings. The van der Waals surface area contributed by atoms with Crippen LogP contribution in [0.2, 0.25) is 0 Å². The molecule has 0 saturated carbocycles. The van der Waals surface area contributed by atoms with Crippen molar-refractivity contribution in [3.8, 4) is 28.2 Å². The molecular weight excluding hydrogens is 445 g/mol. The van der Waals surface area contributed by atoms with Gasteiger partial charge in [0.1, 0.15) is 5.82 Å². The van der Waals surface area contributed by atoms with Crippen molar-refractivity contribution in [2.24, 2.45) is 0 Å². The smallest absolute Gasteiger partial charge is 0.290 e. The molecule has 0 aliphatic heterocycles. The van der Waals surface area contributed by atoms with Crippen LogP contribution in [0.4, 0.5) is 4.39 Å². The zero-order valence-electron chi connectivity index (χ0n) is 19.4. The molecule has 3 aromatic heterocycles. The highest BCUT2D eigenvalue weighted by molar-refractivity contribution is 5.79. The Labute approximate surface area is 201 Å². The Kier molecular flexibility index (Phi) is 6.05. The summed E-state index contributed by atoms with van der Waals surface area (Å²) >= 11 is 0. The number of tetrazole rings is 1. The number of hydrogen-bond acceptors (Lipinski definition) is 5. The summed E-state index contributed by atoms with van der Waals surface area (Å²) in [4.78, 5) is 18.0. The van der Waals surface area contributed by atoms with E-state index in [-0.39, 0.29) is 11.4 Å². The lowest BCUT2D eigenvalue weighted by atomic mass is 10.0. The lowest BCUT2D eigenvalue weighted by Gasteiger charge is -2.09. The summed E-state index contributed by atoms with van der Waals surface area (Å²) in [5, 5.41) is 14.3. The molecular formula is C26H24FN7O. The van der Waals surface area contributed by atoms with Crippen LogP contribution in [0.1, 0.15) is 30.3 Å². The highest BCUT2D eigenvalue weighted by atomic mass is 19.1. The summed E-state index contributed by atoms with van der Waals surface area (Å²) in [7, 11) is 0. The number of rotatable bonds is 7. The Morgan fingerprint density at radius 2 is 1.86 bits per heavy atom. The van der Waals surface area contributed by atoms with Crippen LogP contribution < -0.4 is 5.69 Å². The zero-order chi connectivity index (χ0) is 24.4. The molecule has 5 aromatic rings. The minimum absolute atomic E-state index is 0.282. The molecule has 0 aliphatic carbocycles. The largest absolute Gasteiger partial charge is 0.333 e. The van der Waals surface area contributed by atoms with Crippen LogP contribution in [0.5, 0.6) is 0 Å². The molecule has 0 unspecified atom stereocenters. The first-order valence-corrected chi connectivity index (χ1v) is 11.4. The minimum Gasteiger partial charge on any atom is -0.290 e. The Morgan fingerprint density at radius 1 is 1.03 bits per heavy atom. The van der Waals surface area contributed by atoms with Crippen LogP contribution >= 0.6 is 0 Å². The van der Waals surface area contributed by atoms with Gasteiger partial charge in [-0.1, -0.05) is 55.8 Å². The van der Waals surface area contributed by atoms with E-state index in [1.807, 2.05) is 36.4 Å². The second kappa shape index (κ2) is 9.46. The van der Waals surface area contributed by atoms with E-state index in [1.165, 1.54) is 10.6 Å². The number of aromatic nitrogens is 7. The normalized spacial score (nSPS) is 11.2. The molecule has 1 N–H and O–H groups in total. The van der Waals surface area contributed by atoms with Gasteiger partial charge in [0.05, 0.1) is 17.9 Å². The number of H-pyrrole nitrogens is 1. The predicted molar refractivity (Wildman–Crippen MR) is 131 cm³/mol. The van der Waals surface area contributed by atoms with Gasteiger partial charge in [0.2, 0.25) is 5.82 Å². The monoisotopic (exact) mass is 469 g/mol. The first-order chi connectivity index (χ1) is 17.1. The van der Waals surface area contributed by atoms with E-state index in [2.05, 4.69) is 32.5 Å². The number of pyridine rings is 1. The summed E-state index contributed by atoms with van der Waals surface area (Å²) in [5.41, 5.74) is 4.95. The van der Waals surface area contributed by atoms with Crippen molar-refractivity contribution in [3.63, 3.8) is 0 Å². The molecule has 0 saturated heterocycles. The van der Waals surface area contributed by atoms with Gasteiger partial charge in [-0.25, -0.2) is 9.18 Å². The molecule has 0 radical (unpaired) electrons. The molecule has 3 heterocycles. The van der Waals surface area contributed by atoms with Gasteiger partial charge in [0, 0.05) is 29.2 Å². The maximum atomic E-state index is 14.6. The number of halogens is 1. The number of hydrogen-bond donors (Lipinski definition) is 1. The molecule has 9 heteroatoms. The van der Waals surface area contributed by atoms with Crippen LogP contribution in [0, 0.1) is 12.7 Å². The van der Waals surface area contributed by atoms with Crippen molar-refractivity contribution in [2.45, 2.75) is 33.2 Å². The van der Waals surface area contributed by atoms with Crippen molar-refractivity contribution in [1.82, 2.24) is 34.7 Å². The standard InChI is InChI=1S/C26H24FN7O/c1-3-7-20-16-34(24-17(2)8-6-11-23(24)27)26(35)33(20)15-19-13-12-18(14-28-19)21-9-4-5-10-22(21)25-29-31-32-30-25/h4-6,8-14,16H,3,7,15H2,1-2H3,(H,29,30,31,32). The highest BCUT2D eigenvalue weighted by Gasteiger charge is 2.17. The molecule has 8 nitrogen and oxygen atoms in total. The first kappa shape index (κ1) is 22.4. The fraction of sp³-hybridized carbons (Fsp3) is 0.192. The molecule has 5 rings (SSSR count). The molecule has 0 bridgehead atoms. The van der Waals surface area contributed by atoms with E-state index in [0.717, 1.165) is 34.5 Å². The molecule has 0 spiro atoms. The van der Waals surface area contributed by atoms with Gasteiger partial charge in [0.15, 0.2) is 0 Å². The van der Waals surface area contributed by atoms with E-state index in [0.29, 0.717) is 24.4 Å². The number of nitrogens with one attached hydrogen (secondary N) is 1. The second-order valence-corrected chi connectivity index (χ2v) is 8.33. The lowest BCUT2D eigenvalue weighted by Crippen LogP contribution is -2.26. The van der Waals surface area contributed by atoms with E-state index < -0.39 is 5.82 Å². The fourth-order valence-corrected chi connectivity index (χ4v) is 4.29. The van der Waals surface area contributed by atoms with Crippen molar-refractivity contribution in [1.29, 1.82) is 0 Å². The quantitative estimate of drug-likeness (QED) is 0.383. The Bertz CT molecular complexity index is 1500. The van der Waals surface area contributed by atoms with E-state index in [1.54, 1.807) is 36.0 Å². The number of benzene rings is 2. The molecule has 0 fully saturated rings. The number of aromatic amines is 1. The van der Waals surface area contributed by atoms with Gasteiger partial charge in [-0.05, 0) is 41.8 Å². The van der Waals surface area contributed by atoms with Crippen LogP contribution in [0.25, 0.3) is 28.2 Å². The van der Waals surface area contributed by atoms with E-state index >= 15 is 0 Å². The summed E-state index contributed by atoms with van der Waals surface area (Å²) in [6.07, 6.45) is 5.08. The minimum atomic E-state index is -0.421. The highest BCUT2D eigenvalue weighted by Crippen LogP contribution is 2.29. The van der Waals surface area contributed by atoms with Crippen LogP contribution in [0.3, 0.4) is 0 Å². The number of imidazole rings is 1. The average molecular weight is 470 g/mol. The van der Waals surface area contributed by atoms with Crippen molar-refractivity contribution >= 4 is 0 Å². The maximum Gasteiger partial charge on any atom is 0.333 e. The number of para-hydroxylation sites is 1. The van der Waals surface area contributed by atoms with Gasteiger partial charge >= 0.3 is 5.69 Å². The fourth-order valence-electron chi connectivity index (χ4n) is 4.29. The topological polar surface area (TPSA) is 94.3 Å². The third-order valence-corrected chi connectivity index (χ3v) is 5.97.